The van der Waals surface area contributed by atoms with E-state index < -0.39 is 6.09 Å². The molecule has 0 aliphatic rings. The predicted octanol–water partition coefficient (Wildman–Crippen LogP) is 0.815. The van der Waals surface area contributed by atoms with Crippen molar-refractivity contribution in [3.63, 3.8) is 0 Å². The highest BCUT2D eigenvalue weighted by atomic mass is 16.5. The fraction of sp³-hybridized carbons (Fsp3) is 0.500. The van der Waals surface area contributed by atoms with Crippen LogP contribution in [0, 0.1) is 0 Å². The minimum Gasteiger partial charge on any atom is -0.445 e. The molecule has 1 rings (SSSR count). The molecule has 26 heavy (non-hydrogen) atoms. The van der Waals surface area contributed by atoms with E-state index in [9.17, 15) is 14.4 Å². The Morgan fingerprint density at radius 2 is 1.50 bits per heavy atom. The largest absolute Gasteiger partial charge is 0.445 e. The van der Waals surface area contributed by atoms with Gasteiger partial charge in [-0.15, -0.1) is 0 Å². The van der Waals surface area contributed by atoms with Gasteiger partial charge in [0, 0.05) is 54.1 Å². The lowest BCUT2D eigenvalue weighted by Crippen LogP contribution is -2.30. The molecule has 0 saturated heterocycles. The summed E-state index contributed by atoms with van der Waals surface area (Å²) in [6, 6.07) is 9.42. The highest BCUT2D eigenvalue weighted by Gasteiger charge is 2.06. The van der Waals surface area contributed by atoms with E-state index in [4.69, 9.17) is 10.5 Å². The van der Waals surface area contributed by atoms with Crippen LogP contribution < -0.4 is 11.1 Å². The lowest BCUT2D eigenvalue weighted by Gasteiger charge is -2.10. The molecule has 0 fully saturated rings. The van der Waals surface area contributed by atoms with Gasteiger partial charge in [-0.2, -0.15) is 0 Å². The lowest BCUT2D eigenvalue weighted by molar-refractivity contribution is -0.129. The molecule has 0 aliphatic heterocycles. The number of rotatable bonds is 7. The highest BCUT2D eigenvalue weighted by molar-refractivity contribution is 5.76. The SMILES string of the molecule is CN(C)C(=O)CCN.CN(C)C(=O)CCNC(=O)OCc1ccccc1. The first-order valence-corrected chi connectivity index (χ1v) is 8.32. The van der Waals surface area contributed by atoms with Crippen molar-refractivity contribution in [1.29, 1.82) is 0 Å². The third-order valence-corrected chi connectivity index (χ3v) is 3.18. The van der Waals surface area contributed by atoms with E-state index in [1.54, 1.807) is 28.2 Å². The van der Waals surface area contributed by atoms with Crippen LogP contribution in [-0.2, 0) is 20.9 Å². The molecule has 1 aromatic rings. The van der Waals surface area contributed by atoms with E-state index in [2.05, 4.69) is 5.32 Å². The van der Waals surface area contributed by atoms with Crippen molar-refractivity contribution < 1.29 is 19.1 Å². The van der Waals surface area contributed by atoms with Gasteiger partial charge in [-0.1, -0.05) is 30.3 Å². The lowest BCUT2D eigenvalue weighted by atomic mass is 10.2. The van der Waals surface area contributed by atoms with Gasteiger partial charge in [-0.3, -0.25) is 9.59 Å². The maximum atomic E-state index is 11.3. The maximum Gasteiger partial charge on any atom is 0.407 e. The molecule has 3 amide bonds. The van der Waals surface area contributed by atoms with Gasteiger partial charge in [0.15, 0.2) is 0 Å². The standard InChI is InChI=1S/C13H18N2O3.C5H12N2O/c1-15(2)12(16)8-9-14-13(17)18-10-11-6-4-3-5-7-11;1-7(2)5(8)3-4-6/h3-7H,8-10H2,1-2H3,(H,14,17);3-4,6H2,1-2H3. The zero-order valence-electron chi connectivity index (χ0n) is 16.0. The van der Waals surface area contributed by atoms with Crippen LogP contribution in [0.1, 0.15) is 18.4 Å². The predicted molar refractivity (Wildman–Crippen MR) is 100 cm³/mol. The van der Waals surface area contributed by atoms with E-state index in [-0.39, 0.29) is 31.4 Å². The van der Waals surface area contributed by atoms with Crippen molar-refractivity contribution in [2.45, 2.75) is 19.4 Å². The minimum atomic E-state index is -0.509. The summed E-state index contributed by atoms with van der Waals surface area (Å²) in [7, 11) is 6.79. The Morgan fingerprint density at radius 1 is 0.962 bits per heavy atom. The summed E-state index contributed by atoms with van der Waals surface area (Å²) < 4.78 is 5.00. The fourth-order valence-corrected chi connectivity index (χ4v) is 1.62. The van der Waals surface area contributed by atoms with Crippen LogP contribution in [-0.4, -0.2) is 69.0 Å². The van der Waals surface area contributed by atoms with Gasteiger partial charge in [0.25, 0.3) is 0 Å². The molecule has 0 spiro atoms. The molecule has 1 aromatic carbocycles. The molecule has 0 heterocycles. The second-order valence-corrected chi connectivity index (χ2v) is 5.85. The summed E-state index contributed by atoms with van der Waals surface area (Å²) in [5.41, 5.74) is 6.05. The fourth-order valence-electron chi connectivity index (χ4n) is 1.62. The van der Waals surface area contributed by atoms with Crippen LogP contribution in [0.3, 0.4) is 0 Å². The quantitative estimate of drug-likeness (QED) is 0.743. The van der Waals surface area contributed by atoms with Crippen LogP contribution in [0.25, 0.3) is 0 Å². The molecule has 8 heteroatoms. The molecular weight excluding hydrogens is 336 g/mol. The van der Waals surface area contributed by atoms with Crippen molar-refractivity contribution in [3.8, 4) is 0 Å². The molecule has 0 aliphatic carbocycles. The number of carbonyl (C=O) groups excluding carboxylic acids is 3. The Hall–Kier alpha value is -2.61. The first-order valence-electron chi connectivity index (χ1n) is 8.32. The summed E-state index contributed by atoms with van der Waals surface area (Å²) in [5.74, 6) is 0.0610. The van der Waals surface area contributed by atoms with E-state index in [1.165, 1.54) is 9.80 Å². The number of nitrogens with one attached hydrogen (secondary N) is 1. The van der Waals surface area contributed by atoms with Gasteiger partial charge in [-0.25, -0.2) is 4.79 Å². The molecule has 0 atom stereocenters. The van der Waals surface area contributed by atoms with Crippen LogP contribution in [0.5, 0.6) is 0 Å². The number of nitrogens with zero attached hydrogens (tertiary/aromatic N) is 2. The topological polar surface area (TPSA) is 105 Å². The Bertz CT molecular complexity index is 547. The zero-order valence-corrected chi connectivity index (χ0v) is 16.0. The van der Waals surface area contributed by atoms with Crippen LogP contribution in [0.2, 0.25) is 0 Å². The molecule has 0 bridgehead atoms. The average Bonchev–Trinajstić information content (AvgIpc) is 2.61. The molecule has 0 saturated carbocycles. The number of alkyl carbamates (subject to hydrolysis) is 1. The smallest absolute Gasteiger partial charge is 0.407 e. The first-order chi connectivity index (χ1) is 12.3. The van der Waals surface area contributed by atoms with Crippen molar-refractivity contribution in [2.24, 2.45) is 5.73 Å². The number of benzene rings is 1. The van der Waals surface area contributed by atoms with E-state index >= 15 is 0 Å². The Balaban J connectivity index is 0.000000660. The van der Waals surface area contributed by atoms with E-state index in [1.807, 2.05) is 30.3 Å². The second kappa shape index (κ2) is 13.7. The molecular formula is C18H30N4O4. The third kappa shape index (κ3) is 11.9. The summed E-state index contributed by atoms with van der Waals surface area (Å²) in [4.78, 5) is 36.2. The minimum absolute atomic E-state index is 0.0293. The summed E-state index contributed by atoms with van der Waals surface area (Å²) in [6.45, 7) is 0.954. The second-order valence-electron chi connectivity index (χ2n) is 5.85. The van der Waals surface area contributed by atoms with Gasteiger partial charge < -0.3 is 25.6 Å². The Labute approximate surface area is 155 Å². The molecule has 0 radical (unpaired) electrons. The number of carbonyl (C=O) groups is 3. The van der Waals surface area contributed by atoms with E-state index in [0.29, 0.717) is 13.0 Å². The van der Waals surface area contributed by atoms with Crippen molar-refractivity contribution in [2.75, 3.05) is 41.3 Å². The van der Waals surface area contributed by atoms with Gasteiger partial charge in [0.1, 0.15) is 6.61 Å². The van der Waals surface area contributed by atoms with Crippen LogP contribution in [0.15, 0.2) is 30.3 Å². The molecule has 0 aromatic heterocycles. The molecule has 8 nitrogen and oxygen atoms in total. The highest BCUT2D eigenvalue weighted by Crippen LogP contribution is 2.00. The van der Waals surface area contributed by atoms with Crippen molar-refractivity contribution in [3.05, 3.63) is 35.9 Å². The number of hydrogen-bond acceptors (Lipinski definition) is 5. The van der Waals surface area contributed by atoms with E-state index in [0.717, 1.165) is 5.56 Å². The molecule has 0 unspecified atom stereocenters. The Kier molecular flexibility index (Phi) is 12.3. The Morgan fingerprint density at radius 3 is 1.96 bits per heavy atom. The molecule has 146 valence electrons. The van der Waals surface area contributed by atoms with Gasteiger partial charge >= 0.3 is 6.09 Å². The number of hydrogen-bond donors (Lipinski definition) is 2. The number of nitrogens with two attached hydrogens (primary N) is 1. The number of amides is 3. The average molecular weight is 366 g/mol. The molecule has 3 N–H and O–H groups in total. The van der Waals surface area contributed by atoms with Crippen LogP contribution >= 0.6 is 0 Å². The third-order valence-electron chi connectivity index (χ3n) is 3.18. The van der Waals surface area contributed by atoms with Gasteiger partial charge in [0.2, 0.25) is 11.8 Å². The number of ether oxygens (including phenoxy) is 1. The van der Waals surface area contributed by atoms with Crippen molar-refractivity contribution in [1.82, 2.24) is 15.1 Å². The van der Waals surface area contributed by atoms with Crippen molar-refractivity contribution >= 4 is 17.9 Å². The summed E-state index contributed by atoms with van der Waals surface area (Å²) in [6.07, 6.45) is 0.214. The normalized spacial score (nSPS) is 9.42. The van der Waals surface area contributed by atoms with Gasteiger partial charge in [-0.05, 0) is 5.56 Å². The monoisotopic (exact) mass is 366 g/mol. The summed E-state index contributed by atoms with van der Waals surface area (Å²) in [5, 5.41) is 2.53. The first kappa shape index (κ1) is 23.4. The zero-order chi connectivity index (χ0) is 19.9. The van der Waals surface area contributed by atoms with Gasteiger partial charge in [0.05, 0.1) is 0 Å². The summed E-state index contributed by atoms with van der Waals surface area (Å²) >= 11 is 0. The maximum absolute atomic E-state index is 11.3. The van der Waals surface area contributed by atoms with Crippen LogP contribution in [0.4, 0.5) is 4.79 Å².